The third-order valence-electron chi connectivity index (χ3n) is 21.5. The van der Waals surface area contributed by atoms with Crippen molar-refractivity contribution in [2.24, 2.45) is 0 Å². The van der Waals surface area contributed by atoms with Crippen LogP contribution in [0, 0.1) is 0 Å². The molecule has 0 amide bonds. The van der Waals surface area contributed by atoms with Crippen molar-refractivity contribution in [3.8, 4) is 102 Å². The van der Waals surface area contributed by atoms with Gasteiger partial charge in [-0.15, -0.1) is 0 Å². The van der Waals surface area contributed by atoms with Gasteiger partial charge in [0.2, 0.25) is 0 Å². The molecule has 0 radical (unpaired) electrons. The number of furan rings is 2. The maximum Gasteiger partial charge on any atom is 0.164 e. The Hall–Kier alpha value is -14.3. The zero-order valence-corrected chi connectivity index (χ0v) is 56.8. The zero-order valence-electron chi connectivity index (χ0n) is 56.8. The Labute approximate surface area is 606 Å². The number of para-hydroxylation sites is 1. The van der Waals surface area contributed by atoms with Gasteiger partial charge in [-0.3, -0.25) is 0 Å². The summed E-state index contributed by atoms with van der Waals surface area (Å²) in [6, 6.07) is 121. The van der Waals surface area contributed by atoms with Crippen LogP contribution in [-0.4, -0.2) is 29.9 Å². The second-order valence-corrected chi connectivity index (χ2v) is 27.6. The molecule has 22 rings (SSSR count). The van der Waals surface area contributed by atoms with Crippen molar-refractivity contribution in [2.45, 2.75) is 0 Å². The minimum absolute atomic E-state index is 0.559. The lowest BCUT2D eigenvalue weighted by molar-refractivity contribution is 0.668. The van der Waals surface area contributed by atoms with E-state index >= 15 is 0 Å². The molecule has 22 aromatic rings. The molecule has 0 saturated heterocycles. The van der Waals surface area contributed by atoms with E-state index in [1.54, 1.807) is 0 Å². The molecule has 0 aliphatic rings. The first-order valence-electron chi connectivity index (χ1n) is 35.8. The summed E-state index contributed by atoms with van der Waals surface area (Å²) in [4.78, 5) is 31.9. The van der Waals surface area contributed by atoms with Crippen LogP contribution in [-0.2, 0) is 0 Å². The first-order valence-corrected chi connectivity index (χ1v) is 35.8. The minimum Gasteiger partial charge on any atom is -0.456 e. The van der Waals surface area contributed by atoms with Crippen molar-refractivity contribution < 1.29 is 8.83 Å². The number of fused-ring (bicyclic) bond motifs is 18. The third-order valence-corrected chi connectivity index (χ3v) is 21.5. The van der Waals surface area contributed by atoms with Gasteiger partial charge in [0.05, 0.1) is 0 Å². The quantitative estimate of drug-likeness (QED) is 0.132. The molecule has 0 aliphatic heterocycles. The van der Waals surface area contributed by atoms with Crippen LogP contribution in [0.5, 0.6) is 0 Å². The summed E-state index contributed by atoms with van der Waals surface area (Å²) < 4.78 is 13.6. The average molecular weight is 1350 g/mol. The number of nitrogens with zero attached hydrogens (tertiary/aromatic N) is 6. The van der Waals surface area contributed by atoms with Gasteiger partial charge in [-0.2, -0.15) is 0 Å². The maximum atomic E-state index is 6.87. The monoisotopic (exact) mass is 1350 g/mol. The van der Waals surface area contributed by atoms with E-state index in [4.69, 9.17) is 38.7 Å². The summed E-state index contributed by atoms with van der Waals surface area (Å²) in [6.45, 7) is 0. The molecule has 0 unspecified atom stereocenters. The van der Waals surface area contributed by atoms with Gasteiger partial charge in [0, 0.05) is 54.9 Å². The molecule has 0 atom stereocenters. The normalized spacial score (nSPS) is 12.0. The molecule has 8 heteroatoms. The second-order valence-electron chi connectivity index (χ2n) is 27.6. The lowest BCUT2D eigenvalue weighted by Crippen LogP contribution is -2.01. The summed E-state index contributed by atoms with van der Waals surface area (Å²) in [5.41, 5.74) is 14.9. The summed E-state index contributed by atoms with van der Waals surface area (Å²) in [5, 5.41) is 22.5. The minimum atomic E-state index is 0.559. The Kier molecular flexibility index (Phi) is 13.2. The van der Waals surface area contributed by atoms with Crippen LogP contribution in [0.2, 0.25) is 0 Å². The largest absolute Gasteiger partial charge is 0.456 e. The van der Waals surface area contributed by atoms with E-state index < -0.39 is 0 Å². The lowest BCUT2D eigenvalue weighted by atomic mass is 9.88. The lowest BCUT2D eigenvalue weighted by Gasteiger charge is -2.16. The zero-order chi connectivity index (χ0) is 69.5. The second kappa shape index (κ2) is 23.6. The molecule has 106 heavy (non-hydrogen) atoms. The highest BCUT2D eigenvalue weighted by molar-refractivity contribution is 6.26. The molecule has 18 aromatic carbocycles. The summed E-state index contributed by atoms with van der Waals surface area (Å²) in [7, 11) is 0. The molecule has 8 nitrogen and oxygen atoms in total. The highest BCUT2D eigenvalue weighted by Crippen LogP contribution is 2.47. The predicted octanol–water partition coefficient (Wildman–Crippen LogP) is 26.1. The molecule has 4 heterocycles. The van der Waals surface area contributed by atoms with Crippen molar-refractivity contribution in [1.29, 1.82) is 0 Å². The van der Waals surface area contributed by atoms with E-state index in [9.17, 15) is 0 Å². The Bertz CT molecular complexity index is 7470. The van der Waals surface area contributed by atoms with Gasteiger partial charge in [0.15, 0.2) is 34.9 Å². The molecular formula is C98H56N6O2. The van der Waals surface area contributed by atoms with Gasteiger partial charge in [-0.05, 0) is 186 Å². The fourth-order valence-corrected chi connectivity index (χ4v) is 16.4. The van der Waals surface area contributed by atoms with Crippen LogP contribution in [0.4, 0.5) is 0 Å². The van der Waals surface area contributed by atoms with E-state index in [2.05, 4.69) is 279 Å². The molecule has 0 aliphatic carbocycles. The SMILES string of the molecule is c1ccc(-c2nc(-c3ccc4ccccc4c3)nc(-c3cc(-c4cc5ccc(-c6ccc7cc(-c8nc(-c9ccccc9)nc(-c9cccc%10oc%11ccc(-c%12cccc%13ccc%14c%15ccccc%15ccc%14c%12%13)cc%11c9%10)n8)ccc7c6)cc5c5c4ccc4ccccc45)cc4oc5ccccc5c34)n2)cc1. The highest BCUT2D eigenvalue weighted by Gasteiger charge is 2.24. The Morgan fingerprint density at radius 2 is 0.613 bits per heavy atom. The van der Waals surface area contributed by atoms with Gasteiger partial charge in [-0.1, -0.05) is 273 Å². The number of rotatable bonds is 9. The first-order chi connectivity index (χ1) is 52.5. The van der Waals surface area contributed by atoms with Gasteiger partial charge >= 0.3 is 0 Å². The molecule has 0 bridgehead atoms. The van der Waals surface area contributed by atoms with Crippen LogP contribution < -0.4 is 0 Å². The van der Waals surface area contributed by atoms with Crippen molar-refractivity contribution in [3.63, 3.8) is 0 Å². The van der Waals surface area contributed by atoms with E-state index in [1.165, 1.54) is 43.1 Å². The van der Waals surface area contributed by atoms with Crippen LogP contribution in [0.3, 0.4) is 0 Å². The Morgan fingerprint density at radius 1 is 0.151 bits per heavy atom. The number of benzene rings is 18. The molecule has 0 saturated carbocycles. The smallest absolute Gasteiger partial charge is 0.164 e. The highest BCUT2D eigenvalue weighted by atomic mass is 16.3. The van der Waals surface area contributed by atoms with E-state index in [0.717, 1.165) is 154 Å². The maximum absolute atomic E-state index is 6.87. The van der Waals surface area contributed by atoms with Gasteiger partial charge in [0.1, 0.15) is 22.3 Å². The van der Waals surface area contributed by atoms with Crippen molar-refractivity contribution in [3.05, 3.63) is 340 Å². The van der Waals surface area contributed by atoms with E-state index in [0.29, 0.717) is 34.9 Å². The van der Waals surface area contributed by atoms with E-state index in [-0.39, 0.29) is 0 Å². The molecule has 0 N–H and O–H groups in total. The third kappa shape index (κ3) is 9.69. The van der Waals surface area contributed by atoms with Crippen molar-refractivity contribution in [1.82, 2.24) is 29.9 Å². The molecule has 0 spiro atoms. The Balaban J connectivity index is 0.654. The van der Waals surface area contributed by atoms with Crippen LogP contribution in [0.1, 0.15) is 0 Å². The molecule has 490 valence electrons. The van der Waals surface area contributed by atoms with Gasteiger partial charge < -0.3 is 8.83 Å². The first kappa shape index (κ1) is 59.4. The fraction of sp³-hybridized carbons (Fsp3) is 0. The van der Waals surface area contributed by atoms with Gasteiger partial charge in [-0.25, -0.2) is 29.9 Å². The van der Waals surface area contributed by atoms with Gasteiger partial charge in [0.25, 0.3) is 0 Å². The van der Waals surface area contributed by atoms with Crippen LogP contribution in [0.25, 0.3) is 232 Å². The Morgan fingerprint density at radius 3 is 1.36 bits per heavy atom. The van der Waals surface area contributed by atoms with Crippen LogP contribution in [0.15, 0.2) is 349 Å². The number of aromatic nitrogens is 6. The average Bonchev–Trinajstić information content (AvgIpc) is 1.28. The molecule has 4 aromatic heterocycles. The standard InChI is InChI=1S/C98H56N6O2/c1-3-20-61(21-4-1)93-99-95(103-97(101-93)80-30-16-32-87-92(80)83-54-68(44-48-86(83)105-87)75-29-15-25-60-43-45-76-73-26-11-9-18-58(73)41-46-77(76)89(60)75)71-40-37-64-49-65(34-35-66(64)51-71)67-36-38-69-53-81(78-47-42-59-19-10-12-27-74(59)90(78)82(69)52-67)72-55-84(91-79-28-13-14-31-85(79)106-88(91)56-72)98-102-94(62-22-5-2-6-23-62)100-96(104-98)70-39-33-57-17-7-8-24-63(57)50-70/h1-56H. The number of hydrogen-bond donors (Lipinski definition) is 0. The summed E-state index contributed by atoms with van der Waals surface area (Å²) in [6.07, 6.45) is 0. The van der Waals surface area contributed by atoms with E-state index in [1.807, 2.05) is 60.7 Å². The summed E-state index contributed by atoms with van der Waals surface area (Å²) in [5.74, 6) is 3.46. The van der Waals surface area contributed by atoms with Crippen molar-refractivity contribution >= 4 is 130 Å². The molecular weight excluding hydrogens is 1290 g/mol. The predicted molar refractivity (Wildman–Crippen MR) is 437 cm³/mol. The molecule has 0 fully saturated rings. The number of hydrogen-bond acceptors (Lipinski definition) is 8. The summed E-state index contributed by atoms with van der Waals surface area (Å²) >= 11 is 0. The van der Waals surface area contributed by atoms with Crippen molar-refractivity contribution in [2.75, 3.05) is 0 Å². The van der Waals surface area contributed by atoms with Crippen LogP contribution >= 0.6 is 0 Å². The topological polar surface area (TPSA) is 104 Å². The fourth-order valence-electron chi connectivity index (χ4n) is 16.4.